The number of carbonyl (C=O) groups is 2. The predicted molar refractivity (Wildman–Crippen MR) is 117 cm³/mol. The van der Waals surface area contributed by atoms with Gasteiger partial charge in [-0.25, -0.2) is 4.79 Å². The van der Waals surface area contributed by atoms with E-state index in [2.05, 4.69) is 36.2 Å². The van der Waals surface area contributed by atoms with Crippen LogP contribution in [0, 0.1) is 0 Å². The molecule has 3 aromatic rings. The Kier molecular flexibility index (Phi) is 7.05. The van der Waals surface area contributed by atoms with Gasteiger partial charge in [-0.3, -0.25) is 4.79 Å². The summed E-state index contributed by atoms with van der Waals surface area (Å²) in [7, 11) is 0. The molecule has 0 saturated carbocycles. The smallest absolute Gasteiger partial charge is 0.331 e. The third-order valence-electron chi connectivity index (χ3n) is 4.25. The number of esters is 1. The Morgan fingerprint density at radius 1 is 1.00 bits per heavy atom. The SMILES string of the molecule is CC(C)N(c1ccccc1)c1ccc(NC(=O)COC(=O)C=Cc2ccco2)cc1. The van der Waals surface area contributed by atoms with Crippen molar-refractivity contribution in [3.63, 3.8) is 0 Å². The van der Waals surface area contributed by atoms with E-state index in [9.17, 15) is 9.59 Å². The number of hydrogen-bond acceptors (Lipinski definition) is 5. The van der Waals surface area contributed by atoms with Crippen LogP contribution in [0.3, 0.4) is 0 Å². The fourth-order valence-electron chi connectivity index (χ4n) is 2.96. The standard InChI is InChI=1S/C24H24N2O4/c1-18(2)26(20-7-4-3-5-8-20)21-12-10-19(11-13-21)25-23(27)17-30-24(28)15-14-22-9-6-16-29-22/h3-16,18H,17H2,1-2H3,(H,25,27). The van der Waals surface area contributed by atoms with E-state index in [1.165, 1.54) is 18.4 Å². The molecule has 3 rings (SSSR count). The van der Waals surface area contributed by atoms with Gasteiger partial charge >= 0.3 is 5.97 Å². The molecule has 1 aromatic heterocycles. The molecular formula is C24H24N2O4. The molecule has 0 aliphatic heterocycles. The summed E-state index contributed by atoms with van der Waals surface area (Å²) in [5, 5.41) is 2.72. The van der Waals surface area contributed by atoms with Crippen LogP contribution in [0.25, 0.3) is 6.08 Å². The van der Waals surface area contributed by atoms with E-state index in [0.29, 0.717) is 11.4 Å². The molecule has 0 aliphatic carbocycles. The van der Waals surface area contributed by atoms with Crippen molar-refractivity contribution < 1.29 is 18.7 Å². The molecule has 0 fully saturated rings. The molecule has 0 atom stereocenters. The normalized spacial score (nSPS) is 10.9. The Bertz CT molecular complexity index is 978. The summed E-state index contributed by atoms with van der Waals surface area (Å²) in [4.78, 5) is 25.9. The van der Waals surface area contributed by atoms with Gasteiger partial charge in [-0.05, 0) is 68.5 Å². The number of benzene rings is 2. The number of ether oxygens (including phenoxy) is 1. The van der Waals surface area contributed by atoms with Crippen LogP contribution >= 0.6 is 0 Å². The summed E-state index contributed by atoms with van der Waals surface area (Å²) in [6, 6.07) is 21.3. The number of rotatable bonds is 8. The number of hydrogen-bond donors (Lipinski definition) is 1. The van der Waals surface area contributed by atoms with E-state index in [0.717, 1.165) is 11.4 Å². The number of nitrogens with one attached hydrogen (secondary N) is 1. The molecule has 1 heterocycles. The maximum atomic E-state index is 12.1. The van der Waals surface area contributed by atoms with Crippen LogP contribution in [0.2, 0.25) is 0 Å². The van der Waals surface area contributed by atoms with Crippen molar-refractivity contribution in [2.75, 3.05) is 16.8 Å². The van der Waals surface area contributed by atoms with E-state index >= 15 is 0 Å². The van der Waals surface area contributed by atoms with Crippen molar-refractivity contribution in [3.8, 4) is 0 Å². The third kappa shape index (κ3) is 5.85. The minimum Gasteiger partial charge on any atom is -0.465 e. The number of para-hydroxylation sites is 1. The number of nitrogens with zero attached hydrogens (tertiary/aromatic N) is 1. The van der Waals surface area contributed by atoms with Gasteiger partial charge in [0.05, 0.1) is 6.26 Å². The lowest BCUT2D eigenvalue weighted by Crippen LogP contribution is -2.25. The van der Waals surface area contributed by atoms with E-state index in [1.807, 2.05) is 42.5 Å². The van der Waals surface area contributed by atoms with Crippen LogP contribution in [0.15, 0.2) is 83.5 Å². The first kappa shape index (κ1) is 20.9. The van der Waals surface area contributed by atoms with Gasteiger partial charge in [-0.2, -0.15) is 0 Å². The van der Waals surface area contributed by atoms with Crippen molar-refractivity contribution in [1.82, 2.24) is 0 Å². The summed E-state index contributed by atoms with van der Waals surface area (Å²) in [5.74, 6) is -0.499. The zero-order chi connectivity index (χ0) is 21.3. The molecule has 0 bridgehead atoms. The second-order valence-electron chi connectivity index (χ2n) is 6.85. The highest BCUT2D eigenvalue weighted by atomic mass is 16.5. The lowest BCUT2D eigenvalue weighted by atomic mass is 10.2. The van der Waals surface area contributed by atoms with Crippen LogP contribution < -0.4 is 10.2 Å². The fourth-order valence-corrected chi connectivity index (χ4v) is 2.96. The maximum Gasteiger partial charge on any atom is 0.331 e. The van der Waals surface area contributed by atoms with Gasteiger partial charge in [0.15, 0.2) is 6.61 Å². The van der Waals surface area contributed by atoms with Gasteiger partial charge in [-0.15, -0.1) is 0 Å². The number of furan rings is 1. The lowest BCUT2D eigenvalue weighted by Gasteiger charge is -2.29. The highest BCUT2D eigenvalue weighted by Crippen LogP contribution is 2.28. The predicted octanol–water partition coefficient (Wildman–Crippen LogP) is 5.02. The minimum absolute atomic E-state index is 0.265. The monoisotopic (exact) mass is 404 g/mol. The highest BCUT2D eigenvalue weighted by molar-refractivity contribution is 5.94. The number of amides is 1. The molecular weight excluding hydrogens is 380 g/mol. The second-order valence-corrected chi connectivity index (χ2v) is 6.85. The molecule has 0 spiro atoms. The molecule has 30 heavy (non-hydrogen) atoms. The Balaban J connectivity index is 1.54. The van der Waals surface area contributed by atoms with Crippen molar-refractivity contribution in [3.05, 3.63) is 84.8 Å². The Labute approximate surface area is 175 Å². The van der Waals surface area contributed by atoms with Gasteiger partial charge in [0.25, 0.3) is 5.91 Å². The zero-order valence-corrected chi connectivity index (χ0v) is 16.9. The molecule has 6 nitrogen and oxygen atoms in total. The van der Waals surface area contributed by atoms with Crippen molar-refractivity contribution >= 4 is 35.0 Å². The molecule has 2 aromatic carbocycles. The van der Waals surface area contributed by atoms with E-state index in [-0.39, 0.29) is 12.6 Å². The van der Waals surface area contributed by atoms with Crippen molar-refractivity contribution in [1.29, 1.82) is 0 Å². The van der Waals surface area contributed by atoms with Crippen molar-refractivity contribution in [2.45, 2.75) is 19.9 Å². The molecule has 0 aliphatic rings. The van der Waals surface area contributed by atoms with Gasteiger partial charge < -0.3 is 19.4 Å². The first-order chi connectivity index (χ1) is 14.5. The zero-order valence-electron chi connectivity index (χ0n) is 16.9. The quantitative estimate of drug-likeness (QED) is 0.422. The molecule has 6 heteroatoms. The summed E-state index contributed by atoms with van der Waals surface area (Å²) >= 11 is 0. The topological polar surface area (TPSA) is 71.8 Å². The molecule has 0 saturated heterocycles. The van der Waals surface area contributed by atoms with E-state index < -0.39 is 11.9 Å². The first-order valence-electron chi connectivity index (χ1n) is 9.65. The van der Waals surface area contributed by atoms with Gasteiger partial charge in [-0.1, -0.05) is 18.2 Å². The van der Waals surface area contributed by atoms with Crippen LogP contribution in [0.4, 0.5) is 17.1 Å². The van der Waals surface area contributed by atoms with Gasteiger partial charge in [0, 0.05) is 29.2 Å². The summed E-state index contributed by atoms with van der Waals surface area (Å²) < 4.78 is 10.0. The summed E-state index contributed by atoms with van der Waals surface area (Å²) in [6.07, 6.45) is 4.20. The van der Waals surface area contributed by atoms with Gasteiger partial charge in [0.1, 0.15) is 5.76 Å². The lowest BCUT2D eigenvalue weighted by molar-refractivity contribution is -0.142. The molecule has 0 unspecified atom stereocenters. The maximum absolute atomic E-state index is 12.1. The van der Waals surface area contributed by atoms with E-state index in [1.54, 1.807) is 12.1 Å². The van der Waals surface area contributed by atoms with Crippen LogP contribution in [-0.2, 0) is 14.3 Å². The summed E-state index contributed by atoms with van der Waals surface area (Å²) in [6.45, 7) is 3.87. The van der Waals surface area contributed by atoms with Crippen molar-refractivity contribution in [2.24, 2.45) is 0 Å². The minimum atomic E-state index is -0.618. The van der Waals surface area contributed by atoms with Crippen LogP contribution in [0.1, 0.15) is 19.6 Å². The molecule has 1 N–H and O–H groups in total. The average molecular weight is 404 g/mol. The average Bonchev–Trinajstić information content (AvgIpc) is 3.26. The Morgan fingerprint density at radius 3 is 2.33 bits per heavy atom. The van der Waals surface area contributed by atoms with E-state index in [4.69, 9.17) is 9.15 Å². The highest BCUT2D eigenvalue weighted by Gasteiger charge is 2.13. The fraction of sp³-hybridized carbons (Fsp3) is 0.167. The Morgan fingerprint density at radius 2 is 1.70 bits per heavy atom. The Hall–Kier alpha value is -3.80. The molecule has 1 amide bonds. The summed E-state index contributed by atoms with van der Waals surface area (Å²) in [5.41, 5.74) is 2.74. The molecule has 0 radical (unpaired) electrons. The number of anilines is 3. The number of carbonyl (C=O) groups excluding carboxylic acids is 2. The third-order valence-corrected chi connectivity index (χ3v) is 4.25. The second kappa shape index (κ2) is 10.1. The van der Waals surface area contributed by atoms with Gasteiger partial charge in [0.2, 0.25) is 0 Å². The van der Waals surface area contributed by atoms with Crippen LogP contribution in [-0.4, -0.2) is 24.5 Å². The largest absolute Gasteiger partial charge is 0.465 e. The molecule has 154 valence electrons. The van der Waals surface area contributed by atoms with Crippen LogP contribution in [0.5, 0.6) is 0 Å². The first-order valence-corrected chi connectivity index (χ1v) is 9.65.